The van der Waals surface area contributed by atoms with E-state index in [4.69, 9.17) is 4.74 Å². The van der Waals surface area contributed by atoms with Gasteiger partial charge in [-0.25, -0.2) is 0 Å². The molecule has 2 aromatic carbocycles. The van der Waals surface area contributed by atoms with Crippen LogP contribution in [0.5, 0.6) is 5.75 Å². The largest absolute Gasteiger partial charge is 0.490 e. The lowest BCUT2D eigenvalue weighted by atomic mass is 9.86. The molecule has 2 aromatic rings. The van der Waals surface area contributed by atoms with Crippen LogP contribution in [0, 0.1) is 11.8 Å². The van der Waals surface area contributed by atoms with E-state index in [1.54, 1.807) is 18.2 Å². The average molecular weight is 464 g/mol. The minimum absolute atomic E-state index is 0.0176. The molecule has 0 spiro atoms. The molecule has 0 radical (unpaired) electrons. The number of benzene rings is 2. The van der Waals surface area contributed by atoms with Gasteiger partial charge in [-0.1, -0.05) is 31.5 Å². The second-order valence-electron chi connectivity index (χ2n) is 9.92. The maximum Gasteiger partial charge on any atom is 0.420 e. The summed E-state index contributed by atoms with van der Waals surface area (Å²) >= 11 is 0. The second-order valence-corrected chi connectivity index (χ2v) is 9.92. The van der Waals surface area contributed by atoms with Crippen LogP contribution in [-0.2, 0) is 6.18 Å². The Hall–Kier alpha value is -1.79. The van der Waals surface area contributed by atoms with Crippen LogP contribution in [-0.4, -0.2) is 35.8 Å². The molecular weight excluding hydrogens is 427 g/mol. The molecule has 1 atom stereocenters. The fourth-order valence-electron chi connectivity index (χ4n) is 5.54. The van der Waals surface area contributed by atoms with E-state index in [0.717, 1.165) is 63.6 Å². The molecule has 1 aliphatic carbocycles. The first-order chi connectivity index (χ1) is 15.8. The summed E-state index contributed by atoms with van der Waals surface area (Å²) < 4.78 is 48.9. The summed E-state index contributed by atoms with van der Waals surface area (Å²) in [4.78, 5) is 2.30. The highest BCUT2D eigenvalue weighted by Crippen LogP contribution is 2.43. The molecule has 1 N–H and O–H groups in total. The Kier molecular flexibility index (Phi) is 7.54. The van der Waals surface area contributed by atoms with Crippen molar-refractivity contribution < 1.29 is 23.0 Å². The van der Waals surface area contributed by atoms with Crippen molar-refractivity contribution in [2.45, 2.75) is 77.1 Å². The van der Waals surface area contributed by atoms with Crippen molar-refractivity contribution in [1.29, 1.82) is 0 Å². The number of fused-ring (bicyclic) bond motifs is 1. The van der Waals surface area contributed by atoms with Crippen LogP contribution in [0.3, 0.4) is 0 Å². The van der Waals surface area contributed by atoms with E-state index in [-0.39, 0.29) is 29.9 Å². The molecule has 1 saturated carbocycles. The molecule has 6 heteroatoms. The lowest BCUT2D eigenvalue weighted by Crippen LogP contribution is -2.36. The Morgan fingerprint density at radius 1 is 1.00 bits per heavy atom. The number of hydrogen-bond acceptors (Lipinski definition) is 3. The van der Waals surface area contributed by atoms with E-state index in [1.165, 1.54) is 6.07 Å². The quantitative estimate of drug-likeness (QED) is 0.502. The first-order valence-electron chi connectivity index (χ1n) is 12.5. The number of alkyl halides is 3. The van der Waals surface area contributed by atoms with Crippen molar-refractivity contribution >= 4 is 10.8 Å². The zero-order valence-corrected chi connectivity index (χ0v) is 19.7. The highest BCUT2D eigenvalue weighted by atomic mass is 19.4. The Morgan fingerprint density at radius 2 is 1.67 bits per heavy atom. The molecule has 33 heavy (non-hydrogen) atoms. The summed E-state index contributed by atoms with van der Waals surface area (Å²) in [7, 11) is 0. The van der Waals surface area contributed by atoms with Crippen LogP contribution in [0.1, 0.15) is 76.0 Å². The van der Waals surface area contributed by atoms with Crippen LogP contribution in [0.15, 0.2) is 30.3 Å². The molecule has 0 aromatic heterocycles. The molecule has 1 unspecified atom stereocenters. The van der Waals surface area contributed by atoms with Crippen molar-refractivity contribution in [3.05, 3.63) is 41.5 Å². The molecule has 3 nitrogen and oxygen atoms in total. The van der Waals surface area contributed by atoms with Gasteiger partial charge >= 0.3 is 6.18 Å². The minimum atomic E-state index is -4.49. The van der Waals surface area contributed by atoms with Gasteiger partial charge in [-0.05, 0) is 98.8 Å². The summed E-state index contributed by atoms with van der Waals surface area (Å²) in [6.07, 6.45) is 1.98. The highest BCUT2D eigenvalue weighted by Gasteiger charge is 2.38. The van der Waals surface area contributed by atoms with Gasteiger partial charge in [0.2, 0.25) is 0 Å². The molecule has 1 heterocycles. The molecule has 182 valence electrons. The maximum atomic E-state index is 14.3. The lowest BCUT2D eigenvalue weighted by Gasteiger charge is -2.36. The van der Waals surface area contributed by atoms with Crippen LogP contribution in [0.4, 0.5) is 13.2 Å². The maximum absolute atomic E-state index is 14.3. The van der Waals surface area contributed by atoms with Gasteiger partial charge in [0.15, 0.2) is 0 Å². The first-order valence-corrected chi connectivity index (χ1v) is 12.5. The Balaban J connectivity index is 1.62. The third-order valence-electron chi connectivity index (χ3n) is 7.89. The minimum Gasteiger partial charge on any atom is -0.490 e. The van der Waals surface area contributed by atoms with Gasteiger partial charge in [0.25, 0.3) is 0 Å². The molecule has 0 bridgehead atoms. The topological polar surface area (TPSA) is 32.7 Å². The number of rotatable bonds is 6. The van der Waals surface area contributed by atoms with Gasteiger partial charge in [-0.3, -0.25) is 4.90 Å². The van der Waals surface area contributed by atoms with E-state index >= 15 is 0 Å². The normalized spacial score (nSPS) is 24.2. The molecule has 4 rings (SSSR count). The Labute approximate surface area is 194 Å². The van der Waals surface area contributed by atoms with Crippen LogP contribution >= 0.6 is 0 Å². The number of halogens is 3. The molecule has 1 saturated heterocycles. The van der Waals surface area contributed by atoms with Crippen LogP contribution < -0.4 is 4.74 Å². The summed E-state index contributed by atoms with van der Waals surface area (Å²) in [6, 6.07) is 8.72. The van der Waals surface area contributed by atoms with Crippen molar-refractivity contribution in [2.24, 2.45) is 11.8 Å². The van der Waals surface area contributed by atoms with Gasteiger partial charge in [0.1, 0.15) is 11.3 Å². The number of likely N-dealkylation sites (tertiary alicyclic amines) is 1. The van der Waals surface area contributed by atoms with Crippen molar-refractivity contribution in [2.75, 3.05) is 19.7 Å². The molecule has 0 amide bonds. The van der Waals surface area contributed by atoms with E-state index in [9.17, 15) is 18.3 Å². The Morgan fingerprint density at radius 3 is 2.27 bits per heavy atom. The summed E-state index contributed by atoms with van der Waals surface area (Å²) in [5.74, 6) is 0.951. The summed E-state index contributed by atoms with van der Waals surface area (Å²) in [5.41, 5.74) is 0.238. The van der Waals surface area contributed by atoms with E-state index in [1.807, 2.05) is 6.07 Å². The zero-order valence-electron chi connectivity index (χ0n) is 19.7. The lowest BCUT2D eigenvalue weighted by molar-refractivity contribution is -0.138. The smallest absolute Gasteiger partial charge is 0.420 e. The number of ether oxygens (including phenoxy) is 1. The van der Waals surface area contributed by atoms with Crippen molar-refractivity contribution in [1.82, 2.24) is 4.90 Å². The summed E-state index contributed by atoms with van der Waals surface area (Å²) in [5, 5.41) is 10.2. The van der Waals surface area contributed by atoms with Crippen molar-refractivity contribution in [3.8, 4) is 5.75 Å². The van der Waals surface area contributed by atoms with Crippen molar-refractivity contribution in [3.63, 3.8) is 0 Å². The number of piperidine rings is 1. The van der Waals surface area contributed by atoms with E-state index < -0.39 is 11.7 Å². The standard InChI is InChI=1S/C27H36F3NO2/c1-3-19-4-9-23(10-5-19)33-25-11-8-21-6-7-22(16-24(21)26(25)27(28,29)30)18(2)31-14-12-20(17-32)13-15-31/h6-8,11,16,18-20,23,32H,3-5,9-10,12-15,17H2,1-2H3. The number of nitrogens with zero attached hydrogens (tertiary/aromatic N) is 1. The number of aliphatic hydroxyl groups excluding tert-OH is 1. The zero-order chi connectivity index (χ0) is 23.6. The molecule has 2 aliphatic rings. The van der Waals surface area contributed by atoms with Gasteiger partial charge in [-0.2, -0.15) is 13.2 Å². The number of aliphatic hydroxyl groups is 1. The predicted molar refractivity (Wildman–Crippen MR) is 125 cm³/mol. The predicted octanol–water partition coefficient (Wildman–Crippen LogP) is 6.97. The van der Waals surface area contributed by atoms with Gasteiger partial charge in [-0.15, -0.1) is 0 Å². The van der Waals surface area contributed by atoms with Gasteiger partial charge in [0.05, 0.1) is 6.10 Å². The van der Waals surface area contributed by atoms with Gasteiger partial charge < -0.3 is 9.84 Å². The SMILES string of the molecule is CCC1CCC(Oc2ccc3ccc(C(C)N4CCC(CO)CC4)cc3c2C(F)(F)F)CC1. The molecule has 2 fully saturated rings. The van der Waals surface area contributed by atoms with Gasteiger partial charge in [0, 0.05) is 12.6 Å². The molecular formula is C27H36F3NO2. The fourth-order valence-corrected chi connectivity index (χ4v) is 5.54. The Bertz CT molecular complexity index is 929. The van der Waals surface area contributed by atoms with E-state index in [2.05, 4.69) is 18.7 Å². The summed E-state index contributed by atoms with van der Waals surface area (Å²) in [6.45, 7) is 6.13. The highest BCUT2D eigenvalue weighted by molar-refractivity contribution is 5.89. The van der Waals surface area contributed by atoms with Crippen LogP contribution in [0.2, 0.25) is 0 Å². The average Bonchev–Trinajstić information content (AvgIpc) is 2.82. The third-order valence-corrected chi connectivity index (χ3v) is 7.89. The third kappa shape index (κ3) is 5.48. The van der Waals surface area contributed by atoms with Crippen LogP contribution in [0.25, 0.3) is 10.8 Å². The fraction of sp³-hybridized carbons (Fsp3) is 0.630. The molecule has 1 aliphatic heterocycles. The number of hydrogen-bond donors (Lipinski definition) is 1. The van der Waals surface area contributed by atoms with E-state index in [0.29, 0.717) is 17.2 Å². The second kappa shape index (κ2) is 10.2. The first kappa shape index (κ1) is 24.3. The monoisotopic (exact) mass is 463 g/mol.